The first-order valence-electron chi connectivity index (χ1n) is 25.2. The summed E-state index contributed by atoms with van der Waals surface area (Å²) in [5.74, 6) is 1.23. The van der Waals surface area contributed by atoms with Crippen LogP contribution in [0.25, 0.3) is 72.6 Å². The van der Waals surface area contributed by atoms with E-state index in [2.05, 4.69) is 130 Å². The Hall–Kier alpha value is -5.46. The molecule has 0 saturated carbocycles. The predicted octanol–water partition coefficient (Wildman–Crippen LogP) is 16.0. The number of hydrogen-bond donors (Lipinski definition) is 0. The molecule has 0 saturated heterocycles. The van der Waals surface area contributed by atoms with Crippen molar-refractivity contribution in [2.45, 2.75) is 113 Å². The predicted molar refractivity (Wildman–Crippen MR) is 282 cm³/mol. The Morgan fingerprint density at radius 2 is 1.34 bits per heavy atom. The normalized spacial score (nSPS) is 13.5. The van der Waals surface area contributed by atoms with Gasteiger partial charge in [0.25, 0.3) is 0 Å². The summed E-state index contributed by atoms with van der Waals surface area (Å²) in [6.07, 6.45) is -1.17. The molecular weight excluding hydrogens is 1010 g/mol. The number of para-hydroxylation sites is 2. The van der Waals surface area contributed by atoms with Gasteiger partial charge in [0.15, 0.2) is 0 Å². The molecule has 347 valence electrons. The van der Waals surface area contributed by atoms with Crippen LogP contribution in [0.1, 0.15) is 109 Å². The van der Waals surface area contributed by atoms with Gasteiger partial charge in [0.05, 0.1) is 30.5 Å². The van der Waals surface area contributed by atoms with Gasteiger partial charge in [-0.2, -0.15) is 0 Å². The van der Waals surface area contributed by atoms with Crippen molar-refractivity contribution < 1.29 is 30.0 Å². The number of furan rings is 1. The maximum absolute atomic E-state index is 8.81. The Balaban J connectivity index is 0.000000261. The Labute approximate surface area is 419 Å². The fourth-order valence-electron chi connectivity index (χ4n) is 8.54. The van der Waals surface area contributed by atoms with E-state index in [0.29, 0.717) is 17.0 Å². The first-order valence-corrected chi connectivity index (χ1v) is 26.7. The van der Waals surface area contributed by atoms with E-state index in [9.17, 15) is 0 Å². The van der Waals surface area contributed by atoms with Gasteiger partial charge in [0, 0.05) is 48.6 Å². The summed E-state index contributed by atoms with van der Waals surface area (Å²) in [7, 11) is -1.70. The zero-order chi connectivity index (χ0) is 50.7. The standard InChI is InChI=1S/C41H40N3O.C19H26NSi.Ir/c1-25(2)33-22-28(27-14-9-8-10-15-27)23-34(26(3)4)37(33)44-36-19-12-11-18-35(36)43-39(44)32-17-13-16-30-31-21-20-29(24-41(5,6)7)42-40(31)45-38(30)32;1-19(2,3)13-16-12-17(15-10-8-7-9-11-15)20-14-18(16)21(4,5)6;/h8-16,18-23,25-26H,24H2,1-7H3;7-10,12,14H,13H2,1-6H3;/q2*-1;/i24D2;13D2;. The zero-order valence-corrected chi connectivity index (χ0v) is 44.7. The number of fused-ring (bicyclic) bond motifs is 4. The van der Waals surface area contributed by atoms with Crippen LogP contribution in [0.5, 0.6) is 0 Å². The van der Waals surface area contributed by atoms with Crippen LogP contribution in [0.3, 0.4) is 0 Å². The molecule has 0 aliphatic rings. The number of pyridine rings is 2. The summed E-state index contributed by atoms with van der Waals surface area (Å²) in [6, 6.07) is 47.5. The van der Waals surface area contributed by atoms with Gasteiger partial charge in [-0.05, 0) is 105 Å². The van der Waals surface area contributed by atoms with Crippen molar-refractivity contribution in [1.29, 1.82) is 0 Å². The minimum absolute atomic E-state index is 0. The molecule has 0 aliphatic heterocycles. The molecule has 5 aromatic carbocycles. The van der Waals surface area contributed by atoms with E-state index < -0.39 is 31.6 Å². The van der Waals surface area contributed by atoms with E-state index in [0.717, 1.165) is 60.9 Å². The number of nitrogens with zero attached hydrogens (tertiary/aromatic N) is 4. The van der Waals surface area contributed by atoms with Crippen LogP contribution >= 0.6 is 0 Å². The summed E-state index contributed by atoms with van der Waals surface area (Å²) in [5.41, 5.74) is 11.4. The summed E-state index contributed by atoms with van der Waals surface area (Å²) in [6.45, 7) is 27.2. The van der Waals surface area contributed by atoms with E-state index >= 15 is 0 Å². The van der Waals surface area contributed by atoms with Crippen molar-refractivity contribution in [3.05, 3.63) is 162 Å². The molecule has 9 aromatic rings. The van der Waals surface area contributed by atoms with Crippen LogP contribution in [0.2, 0.25) is 19.6 Å². The molecule has 4 heterocycles. The van der Waals surface area contributed by atoms with Gasteiger partial charge in [-0.25, -0.2) is 4.98 Å². The second-order valence-electron chi connectivity index (χ2n) is 21.1. The Bertz CT molecular complexity index is 3310. The monoisotopic (exact) mass is 1080 g/mol. The Morgan fingerprint density at radius 1 is 0.687 bits per heavy atom. The third kappa shape index (κ3) is 11.0. The Morgan fingerprint density at radius 3 is 1.97 bits per heavy atom. The second kappa shape index (κ2) is 19.6. The molecule has 0 unspecified atom stereocenters. The molecular formula is C60H66IrN4OSi-2. The molecule has 0 amide bonds. The molecule has 0 spiro atoms. The minimum atomic E-state index is -1.70. The maximum Gasteiger partial charge on any atom is 0.216 e. The molecule has 1 radical (unpaired) electrons. The fraction of sp³-hybridized carbons (Fsp3) is 0.317. The molecule has 9 rings (SSSR count). The third-order valence-corrected chi connectivity index (χ3v) is 13.6. The smallest absolute Gasteiger partial charge is 0.216 e. The topological polar surface area (TPSA) is 56.7 Å². The van der Waals surface area contributed by atoms with Gasteiger partial charge >= 0.3 is 0 Å². The van der Waals surface area contributed by atoms with Crippen molar-refractivity contribution in [2.75, 3.05) is 0 Å². The molecule has 5 nitrogen and oxygen atoms in total. The summed E-state index contributed by atoms with van der Waals surface area (Å²) in [4.78, 5) is 14.6. The average Bonchev–Trinajstić information content (AvgIpc) is 3.89. The average molecular weight is 1080 g/mol. The van der Waals surface area contributed by atoms with Gasteiger partial charge in [0.1, 0.15) is 0 Å². The van der Waals surface area contributed by atoms with Crippen LogP contribution in [0.4, 0.5) is 0 Å². The van der Waals surface area contributed by atoms with E-state index in [-0.39, 0.29) is 31.9 Å². The zero-order valence-electron chi connectivity index (χ0n) is 45.3. The van der Waals surface area contributed by atoms with Gasteiger partial charge in [0.2, 0.25) is 5.71 Å². The molecule has 7 heteroatoms. The van der Waals surface area contributed by atoms with Crippen LogP contribution in [-0.2, 0) is 32.9 Å². The van der Waals surface area contributed by atoms with E-state index in [1.165, 1.54) is 22.3 Å². The van der Waals surface area contributed by atoms with E-state index in [1.54, 1.807) is 6.07 Å². The van der Waals surface area contributed by atoms with Gasteiger partial charge in [-0.15, -0.1) is 54.1 Å². The molecule has 0 atom stereocenters. The van der Waals surface area contributed by atoms with Crippen LogP contribution in [0, 0.1) is 23.0 Å². The van der Waals surface area contributed by atoms with E-state index in [1.807, 2.05) is 102 Å². The summed E-state index contributed by atoms with van der Waals surface area (Å²) >= 11 is 0. The van der Waals surface area contributed by atoms with E-state index in [4.69, 9.17) is 19.9 Å². The quantitative estimate of drug-likeness (QED) is 0.107. The number of benzene rings is 5. The van der Waals surface area contributed by atoms with Gasteiger partial charge in [-0.3, -0.25) is 4.98 Å². The maximum atomic E-state index is 8.81. The van der Waals surface area contributed by atoms with Crippen molar-refractivity contribution in [2.24, 2.45) is 10.8 Å². The third-order valence-electron chi connectivity index (χ3n) is 11.5. The molecule has 4 aromatic heterocycles. The second-order valence-corrected chi connectivity index (χ2v) is 26.1. The van der Waals surface area contributed by atoms with Crippen molar-refractivity contribution >= 4 is 46.4 Å². The molecule has 0 N–H and O–H groups in total. The summed E-state index contributed by atoms with van der Waals surface area (Å²) in [5, 5.41) is 2.83. The minimum Gasteiger partial charge on any atom is -0.486 e. The number of rotatable bonds is 9. The molecule has 0 bridgehead atoms. The first kappa shape index (κ1) is 44.1. The largest absolute Gasteiger partial charge is 0.486 e. The number of imidazole rings is 1. The first-order chi connectivity index (χ1) is 32.8. The molecule has 67 heavy (non-hydrogen) atoms. The van der Waals surface area contributed by atoms with Crippen LogP contribution < -0.4 is 5.19 Å². The summed E-state index contributed by atoms with van der Waals surface area (Å²) < 4.78 is 44.0. The van der Waals surface area contributed by atoms with Crippen LogP contribution in [-0.4, -0.2) is 27.6 Å². The van der Waals surface area contributed by atoms with Crippen molar-refractivity contribution in [3.63, 3.8) is 0 Å². The van der Waals surface area contributed by atoms with Gasteiger partial charge in [-0.1, -0.05) is 154 Å². The molecule has 0 fully saturated rings. The number of aromatic nitrogens is 4. The SMILES string of the molecule is [2H]C([2H])(c1cc(-c2[c-]cccc2)ncc1[Si](C)(C)C)C(C)(C)C.[2H]C([2H])(c1ccc2c(n1)oc1c(-c3nc4ccccc4n3-c3c(C(C)C)cc(-c4ccccc4)cc3C(C)C)[c-]ccc12)C(C)(C)C.[Ir]. The van der Waals surface area contributed by atoms with Crippen molar-refractivity contribution in [1.82, 2.24) is 19.5 Å². The fourth-order valence-corrected chi connectivity index (χ4v) is 9.93. The number of hydrogen-bond acceptors (Lipinski definition) is 4. The van der Waals surface area contributed by atoms with Crippen LogP contribution in [0.15, 0.2) is 132 Å². The Kier molecular flexibility index (Phi) is 12.9. The van der Waals surface area contributed by atoms with Gasteiger partial charge < -0.3 is 14.0 Å². The molecule has 0 aliphatic carbocycles. The van der Waals surface area contributed by atoms with Crippen molar-refractivity contribution in [3.8, 4) is 39.5 Å².